The highest BCUT2D eigenvalue weighted by molar-refractivity contribution is 5.90. The number of aromatic nitrogens is 1. The van der Waals surface area contributed by atoms with Gasteiger partial charge in [-0.15, -0.1) is 0 Å². The molecule has 0 unspecified atom stereocenters. The molecule has 1 aromatic heterocycles. The number of aryl methyl sites for hydroxylation is 1. The first-order valence-electron chi connectivity index (χ1n) is 4.39. The molecule has 0 saturated heterocycles. The fourth-order valence-corrected chi connectivity index (χ4v) is 1.98. The van der Waals surface area contributed by atoms with Crippen LogP contribution in [-0.4, -0.2) is 4.98 Å². The Morgan fingerprint density at radius 3 is 3.15 bits per heavy atom. The topological polar surface area (TPSA) is 26.0 Å². The fraction of sp³-hybridized carbons (Fsp3) is 0.182. The first-order chi connectivity index (χ1) is 6.36. The van der Waals surface area contributed by atoms with Crippen LogP contribution in [-0.2, 0) is 6.42 Å². The first kappa shape index (κ1) is 6.89. The van der Waals surface area contributed by atoms with Crippen LogP contribution < -0.4 is 0 Å². The van der Waals surface area contributed by atoms with E-state index < -0.39 is 0 Å². The van der Waals surface area contributed by atoms with E-state index >= 15 is 0 Å². The second-order valence-corrected chi connectivity index (χ2v) is 3.40. The molecule has 0 amide bonds. The monoisotopic (exact) mass is 171 g/mol. The van der Waals surface area contributed by atoms with Crippen molar-refractivity contribution in [2.75, 3.05) is 0 Å². The standard InChI is InChI=1S/C11H9NO/c1-7-2-3-8-4-5-9-11(10(7)8)13-6-12-9/h4-6H,1-3H2. The minimum atomic E-state index is 0.903. The zero-order valence-corrected chi connectivity index (χ0v) is 7.21. The number of nitrogens with zero attached hydrogens (tertiary/aromatic N) is 1. The summed E-state index contributed by atoms with van der Waals surface area (Å²) in [5.41, 5.74) is 5.54. The highest BCUT2D eigenvalue weighted by Gasteiger charge is 2.19. The van der Waals surface area contributed by atoms with Crippen LogP contribution in [0, 0.1) is 0 Å². The van der Waals surface area contributed by atoms with Crippen molar-refractivity contribution in [1.82, 2.24) is 4.98 Å². The summed E-state index contributed by atoms with van der Waals surface area (Å²) in [4.78, 5) is 4.12. The van der Waals surface area contributed by atoms with Gasteiger partial charge in [0.1, 0.15) is 5.52 Å². The predicted octanol–water partition coefficient (Wildman–Crippen LogP) is 2.79. The van der Waals surface area contributed by atoms with Gasteiger partial charge in [-0.25, -0.2) is 4.98 Å². The Hall–Kier alpha value is -1.57. The number of fused-ring (bicyclic) bond motifs is 3. The lowest BCUT2D eigenvalue weighted by molar-refractivity contribution is 0.601. The van der Waals surface area contributed by atoms with Crippen LogP contribution in [0.25, 0.3) is 16.7 Å². The van der Waals surface area contributed by atoms with Crippen molar-refractivity contribution in [3.8, 4) is 0 Å². The molecule has 1 aliphatic rings. The quantitative estimate of drug-likeness (QED) is 0.609. The van der Waals surface area contributed by atoms with Crippen LogP contribution in [0.2, 0.25) is 0 Å². The zero-order valence-electron chi connectivity index (χ0n) is 7.21. The highest BCUT2D eigenvalue weighted by Crippen LogP contribution is 2.35. The molecule has 2 nitrogen and oxygen atoms in total. The second-order valence-electron chi connectivity index (χ2n) is 3.40. The van der Waals surface area contributed by atoms with Crippen LogP contribution in [0.5, 0.6) is 0 Å². The molecule has 0 saturated carbocycles. The van der Waals surface area contributed by atoms with E-state index in [2.05, 4.69) is 17.6 Å². The van der Waals surface area contributed by atoms with E-state index in [1.54, 1.807) is 0 Å². The summed E-state index contributed by atoms with van der Waals surface area (Å²) in [7, 11) is 0. The number of benzene rings is 1. The smallest absolute Gasteiger partial charge is 0.182 e. The lowest BCUT2D eigenvalue weighted by Gasteiger charge is -1.98. The number of allylic oxidation sites excluding steroid dienone is 1. The Balaban J connectivity index is 2.49. The number of hydrogen-bond acceptors (Lipinski definition) is 2. The highest BCUT2D eigenvalue weighted by atomic mass is 16.3. The van der Waals surface area contributed by atoms with Crippen LogP contribution >= 0.6 is 0 Å². The molecule has 1 aromatic carbocycles. The molecule has 0 spiro atoms. The number of hydrogen-bond donors (Lipinski definition) is 0. The molecule has 0 fully saturated rings. The second kappa shape index (κ2) is 2.22. The predicted molar refractivity (Wildman–Crippen MR) is 51.4 cm³/mol. The molecule has 1 heterocycles. The number of oxazole rings is 1. The van der Waals surface area contributed by atoms with E-state index in [4.69, 9.17) is 4.42 Å². The van der Waals surface area contributed by atoms with Gasteiger partial charge in [0.05, 0.1) is 0 Å². The van der Waals surface area contributed by atoms with Crippen molar-refractivity contribution in [2.45, 2.75) is 12.8 Å². The first-order valence-corrected chi connectivity index (χ1v) is 4.39. The summed E-state index contributed by atoms with van der Waals surface area (Å²) >= 11 is 0. The van der Waals surface area contributed by atoms with E-state index in [9.17, 15) is 0 Å². The van der Waals surface area contributed by atoms with E-state index in [-0.39, 0.29) is 0 Å². The SMILES string of the molecule is C=C1CCc2ccc3ncoc3c21. The van der Waals surface area contributed by atoms with Crippen molar-refractivity contribution in [2.24, 2.45) is 0 Å². The van der Waals surface area contributed by atoms with Gasteiger partial charge < -0.3 is 4.42 Å². The maximum absolute atomic E-state index is 5.36. The Labute approximate surface area is 75.9 Å². The van der Waals surface area contributed by atoms with Crippen molar-refractivity contribution in [1.29, 1.82) is 0 Å². The van der Waals surface area contributed by atoms with Crippen LogP contribution in [0.3, 0.4) is 0 Å². The largest absolute Gasteiger partial charge is 0.443 e. The van der Waals surface area contributed by atoms with E-state index in [1.807, 2.05) is 6.07 Å². The third-order valence-corrected chi connectivity index (χ3v) is 2.64. The van der Waals surface area contributed by atoms with Crippen molar-refractivity contribution in [3.63, 3.8) is 0 Å². The van der Waals surface area contributed by atoms with Gasteiger partial charge in [0.2, 0.25) is 0 Å². The zero-order chi connectivity index (χ0) is 8.84. The Morgan fingerprint density at radius 2 is 2.23 bits per heavy atom. The molecular formula is C11H9NO. The summed E-state index contributed by atoms with van der Waals surface area (Å²) in [6.07, 6.45) is 3.64. The van der Waals surface area contributed by atoms with Crippen molar-refractivity contribution < 1.29 is 4.42 Å². The van der Waals surface area contributed by atoms with Gasteiger partial charge in [0, 0.05) is 5.56 Å². The summed E-state index contributed by atoms with van der Waals surface area (Å²) in [6.45, 7) is 4.04. The van der Waals surface area contributed by atoms with Gasteiger partial charge >= 0.3 is 0 Å². The third-order valence-electron chi connectivity index (χ3n) is 2.64. The lowest BCUT2D eigenvalue weighted by Crippen LogP contribution is -1.81. The Bertz CT molecular complexity index is 496. The molecule has 1 aliphatic carbocycles. The summed E-state index contributed by atoms with van der Waals surface area (Å²) < 4.78 is 5.36. The van der Waals surface area contributed by atoms with Crippen LogP contribution in [0.15, 0.2) is 29.5 Å². The van der Waals surface area contributed by atoms with Gasteiger partial charge in [-0.1, -0.05) is 12.6 Å². The van der Waals surface area contributed by atoms with Gasteiger partial charge in [-0.3, -0.25) is 0 Å². The third kappa shape index (κ3) is 0.800. The average molecular weight is 171 g/mol. The molecule has 0 radical (unpaired) electrons. The minimum absolute atomic E-state index is 0.903. The maximum Gasteiger partial charge on any atom is 0.182 e. The van der Waals surface area contributed by atoms with Gasteiger partial charge in [0.25, 0.3) is 0 Å². The van der Waals surface area contributed by atoms with Gasteiger partial charge in [-0.05, 0) is 30.0 Å². The number of rotatable bonds is 0. The van der Waals surface area contributed by atoms with Crippen LogP contribution in [0.1, 0.15) is 17.5 Å². The molecule has 0 bridgehead atoms. The Kier molecular flexibility index (Phi) is 1.18. The lowest BCUT2D eigenvalue weighted by atomic mass is 10.1. The molecule has 2 aromatic rings. The van der Waals surface area contributed by atoms with E-state index in [1.165, 1.54) is 23.1 Å². The van der Waals surface area contributed by atoms with Crippen LogP contribution in [0.4, 0.5) is 0 Å². The summed E-state index contributed by atoms with van der Waals surface area (Å²) in [5.74, 6) is 0. The molecule has 0 N–H and O–H groups in total. The van der Waals surface area contributed by atoms with Crippen molar-refractivity contribution in [3.05, 3.63) is 36.2 Å². The molecule has 2 heteroatoms. The summed E-state index contributed by atoms with van der Waals surface area (Å²) in [6, 6.07) is 4.13. The molecule has 3 rings (SSSR count). The average Bonchev–Trinajstić information content (AvgIpc) is 2.70. The molecule has 64 valence electrons. The Morgan fingerprint density at radius 1 is 1.31 bits per heavy atom. The molecule has 0 atom stereocenters. The molecule has 13 heavy (non-hydrogen) atoms. The fourth-order valence-electron chi connectivity index (χ4n) is 1.98. The van der Waals surface area contributed by atoms with Gasteiger partial charge in [0.15, 0.2) is 12.0 Å². The van der Waals surface area contributed by atoms with Crippen molar-refractivity contribution >= 4 is 16.7 Å². The van der Waals surface area contributed by atoms with E-state index in [0.717, 1.165) is 23.9 Å². The minimum Gasteiger partial charge on any atom is -0.443 e. The summed E-state index contributed by atoms with van der Waals surface area (Å²) in [5, 5.41) is 0. The van der Waals surface area contributed by atoms with Gasteiger partial charge in [-0.2, -0.15) is 0 Å². The maximum atomic E-state index is 5.36. The molecular weight excluding hydrogens is 162 g/mol. The normalized spacial score (nSPS) is 15.2. The van der Waals surface area contributed by atoms with E-state index in [0.29, 0.717) is 0 Å². The molecule has 0 aliphatic heterocycles.